The van der Waals surface area contributed by atoms with Gasteiger partial charge in [-0.3, -0.25) is 4.79 Å². The minimum Gasteiger partial charge on any atom is -0.484 e. The highest BCUT2D eigenvalue weighted by Gasteiger charge is 2.28. The molecule has 0 saturated carbocycles. The highest BCUT2D eigenvalue weighted by Crippen LogP contribution is 2.19. The van der Waals surface area contributed by atoms with Crippen LogP contribution in [0.5, 0.6) is 11.6 Å². The number of pyridine rings is 1. The Labute approximate surface area is 142 Å². The smallest absolute Gasteiger partial charge is 0.260 e. The molecule has 0 spiro atoms. The summed E-state index contributed by atoms with van der Waals surface area (Å²) in [6.45, 7) is 5.27. The Hall–Kier alpha value is -2.56. The molecule has 0 bridgehead atoms. The van der Waals surface area contributed by atoms with Crippen LogP contribution in [0.25, 0.3) is 0 Å². The van der Waals surface area contributed by atoms with E-state index in [1.54, 1.807) is 11.1 Å². The number of aryl methyl sites for hydroxylation is 2. The number of benzene rings is 1. The number of nitrogens with zero attached hydrogens (tertiary/aromatic N) is 2. The highest BCUT2D eigenvalue weighted by atomic mass is 16.5. The first-order chi connectivity index (χ1) is 11.6. The molecule has 1 amide bonds. The fraction of sp³-hybridized carbons (Fsp3) is 0.368. The minimum absolute atomic E-state index is 0.0115. The van der Waals surface area contributed by atoms with Gasteiger partial charge in [-0.1, -0.05) is 24.3 Å². The van der Waals surface area contributed by atoms with Gasteiger partial charge in [0.2, 0.25) is 5.88 Å². The third-order valence-electron chi connectivity index (χ3n) is 4.11. The van der Waals surface area contributed by atoms with Gasteiger partial charge in [0, 0.05) is 25.2 Å². The SMILES string of the molecule is Cc1ccc(OC2CCN(C(=O)COc3ccccc3C)C2)nc1. The van der Waals surface area contributed by atoms with Crippen molar-refractivity contribution in [2.24, 2.45) is 0 Å². The zero-order valence-electron chi connectivity index (χ0n) is 14.1. The Balaban J connectivity index is 1.49. The van der Waals surface area contributed by atoms with Crippen molar-refractivity contribution in [3.05, 3.63) is 53.7 Å². The van der Waals surface area contributed by atoms with Gasteiger partial charge in [-0.15, -0.1) is 0 Å². The molecule has 0 radical (unpaired) electrons. The van der Waals surface area contributed by atoms with Gasteiger partial charge in [-0.2, -0.15) is 0 Å². The lowest BCUT2D eigenvalue weighted by molar-refractivity contribution is -0.132. The van der Waals surface area contributed by atoms with Crippen molar-refractivity contribution < 1.29 is 14.3 Å². The quantitative estimate of drug-likeness (QED) is 0.848. The Bertz CT molecular complexity index is 700. The number of rotatable bonds is 5. The first kappa shape index (κ1) is 16.3. The molecule has 24 heavy (non-hydrogen) atoms. The first-order valence-electron chi connectivity index (χ1n) is 8.17. The van der Waals surface area contributed by atoms with E-state index in [-0.39, 0.29) is 18.6 Å². The number of carbonyl (C=O) groups excluding carboxylic acids is 1. The van der Waals surface area contributed by atoms with E-state index in [9.17, 15) is 4.79 Å². The fourth-order valence-corrected chi connectivity index (χ4v) is 2.69. The molecule has 3 rings (SSSR count). The number of hydrogen-bond acceptors (Lipinski definition) is 4. The summed E-state index contributed by atoms with van der Waals surface area (Å²) in [5.74, 6) is 1.35. The van der Waals surface area contributed by atoms with Crippen molar-refractivity contribution in [3.8, 4) is 11.6 Å². The largest absolute Gasteiger partial charge is 0.484 e. The molecule has 126 valence electrons. The standard InChI is InChI=1S/C19H22N2O3/c1-14-7-8-18(20-11-14)24-16-9-10-21(12-16)19(22)13-23-17-6-4-3-5-15(17)2/h3-8,11,16H,9-10,12-13H2,1-2H3. The summed E-state index contributed by atoms with van der Waals surface area (Å²) in [5.41, 5.74) is 2.12. The number of amides is 1. The molecule has 1 atom stereocenters. The molecule has 0 aliphatic carbocycles. The molecular formula is C19H22N2O3. The lowest BCUT2D eigenvalue weighted by atomic mass is 10.2. The molecule has 5 heteroatoms. The summed E-state index contributed by atoms with van der Waals surface area (Å²) in [6, 6.07) is 11.5. The molecule has 5 nitrogen and oxygen atoms in total. The minimum atomic E-state index is -0.0128. The van der Waals surface area contributed by atoms with Crippen LogP contribution in [0.2, 0.25) is 0 Å². The van der Waals surface area contributed by atoms with E-state index in [4.69, 9.17) is 9.47 Å². The van der Waals surface area contributed by atoms with Crippen molar-refractivity contribution in [1.82, 2.24) is 9.88 Å². The van der Waals surface area contributed by atoms with Gasteiger partial charge < -0.3 is 14.4 Å². The summed E-state index contributed by atoms with van der Waals surface area (Å²) < 4.78 is 11.5. The molecule has 1 aromatic heterocycles. The maximum atomic E-state index is 12.3. The lowest BCUT2D eigenvalue weighted by Gasteiger charge is -2.17. The Morgan fingerprint density at radius 1 is 1.25 bits per heavy atom. The van der Waals surface area contributed by atoms with E-state index in [2.05, 4.69) is 4.98 Å². The Morgan fingerprint density at radius 2 is 2.08 bits per heavy atom. The predicted molar refractivity (Wildman–Crippen MR) is 91.3 cm³/mol. The van der Waals surface area contributed by atoms with Crippen LogP contribution in [-0.4, -0.2) is 41.6 Å². The second-order valence-corrected chi connectivity index (χ2v) is 6.10. The summed E-state index contributed by atoms with van der Waals surface area (Å²) >= 11 is 0. The topological polar surface area (TPSA) is 51.7 Å². The van der Waals surface area contributed by atoms with E-state index in [1.807, 2.05) is 50.2 Å². The molecular weight excluding hydrogens is 304 g/mol. The second-order valence-electron chi connectivity index (χ2n) is 6.10. The molecule has 1 aromatic carbocycles. The van der Waals surface area contributed by atoms with E-state index in [0.717, 1.165) is 23.3 Å². The third kappa shape index (κ3) is 4.04. The molecule has 1 saturated heterocycles. The van der Waals surface area contributed by atoms with E-state index in [0.29, 0.717) is 19.0 Å². The van der Waals surface area contributed by atoms with Crippen LogP contribution in [0.4, 0.5) is 0 Å². The van der Waals surface area contributed by atoms with Crippen molar-refractivity contribution in [1.29, 1.82) is 0 Å². The average molecular weight is 326 g/mol. The van der Waals surface area contributed by atoms with Crippen LogP contribution in [-0.2, 0) is 4.79 Å². The third-order valence-corrected chi connectivity index (χ3v) is 4.11. The van der Waals surface area contributed by atoms with Crippen LogP contribution in [0.3, 0.4) is 0 Å². The summed E-state index contributed by atoms with van der Waals surface area (Å²) in [5, 5.41) is 0. The second kappa shape index (κ2) is 7.34. The first-order valence-corrected chi connectivity index (χ1v) is 8.17. The van der Waals surface area contributed by atoms with Crippen LogP contribution in [0, 0.1) is 13.8 Å². The zero-order chi connectivity index (χ0) is 16.9. The molecule has 1 fully saturated rings. The van der Waals surface area contributed by atoms with Crippen molar-refractivity contribution in [3.63, 3.8) is 0 Å². The number of para-hydroxylation sites is 1. The van der Waals surface area contributed by atoms with Crippen molar-refractivity contribution in [2.75, 3.05) is 19.7 Å². The van der Waals surface area contributed by atoms with Crippen molar-refractivity contribution in [2.45, 2.75) is 26.4 Å². The number of hydrogen-bond donors (Lipinski definition) is 0. The van der Waals surface area contributed by atoms with Gasteiger partial charge in [-0.25, -0.2) is 4.98 Å². The summed E-state index contributed by atoms with van der Waals surface area (Å²) in [7, 11) is 0. The van der Waals surface area contributed by atoms with Gasteiger partial charge in [0.05, 0.1) is 6.54 Å². The molecule has 0 N–H and O–H groups in total. The van der Waals surface area contributed by atoms with Gasteiger partial charge in [-0.05, 0) is 31.0 Å². The zero-order valence-corrected chi connectivity index (χ0v) is 14.1. The van der Waals surface area contributed by atoms with E-state index < -0.39 is 0 Å². The number of aromatic nitrogens is 1. The van der Waals surface area contributed by atoms with Crippen LogP contribution < -0.4 is 9.47 Å². The van der Waals surface area contributed by atoms with Gasteiger partial charge in [0.15, 0.2) is 6.61 Å². The molecule has 1 aliphatic rings. The molecule has 1 aliphatic heterocycles. The molecule has 2 heterocycles. The van der Waals surface area contributed by atoms with Crippen molar-refractivity contribution >= 4 is 5.91 Å². The maximum Gasteiger partial charge on any atom is 0.260 e. The number of likely N-dealkylation sites (tertiary alicyclic amines) is 1. The van der Waals surface area contributed by atoms with E-state index in [1.165, 1.54) is 0 Å². The monoisotopic (exact) mass is 326 g/mol. The average Bonchev–Trinajstić information content (AvgIpc) is 3.05. The van der Waals surface area contributed by atoms with Gasteiger partial charge >= 0.3 is 0 Å². The molecule has 1 unspecified atom stereocenters. The van der Waals surface area contributed by atoms with E-state index >= 15 is 0 Å². The predicted octanol–water partition coefficient (Wildman–Crippen LogP) is 2.76. The number of ether oxygens (including phenoxy) is 2. The van der Waals surface area contributed by atoms with Crippen LogP contribution in [0.15, 0.2) is 42.6 Å². The van der Waals surface area contributed by atoms with Gasteiger partial charge in [0.25, 0.3) is 5.91 Å². The Morgan fingerprint density at radius 3 is 2.83 bits per heavy atom. The van der Waals surface area contributed by atoms with Gasteiger partial charge in [0.1, 0.15) is 11.9 Å². The fourth-order valence-electron chi connectivity index (χ4n) is 2.69. The normalized spacial score (nSPS) is 16.9. The lowest BCUT2D eigenvalue weighted by Crippen LogP contribution is -2.34. The van der Waals surface area contributed by atoms with Crippen LogP contribution >= 0.6 is 0 Å². The number of carbonyl (C=O) groups is 1. The van der Waals surface area contributed by atoms with Crippen LogP contribution in [0.1, 0.15) is 17.5 Å². The highest BCUT2D eigenvalue weighted by molar-refractivity contribution is 5.78. The summed E-state index contributed by atoms with van der Waals surface area (Å²) in [4.78, 5) is 18.3. The molecule has 2 aromatic rings. The summed E-state index contributed by atoms with van der Waals surface area (Å²) in [6.07, 6.45) is 2.58. The Kier molecular flexibility index (Phi) is 4.99. The maximum absolute atomic E-state index is 12.3.